The Bertz CT molecular complexity index is 616. The largest absolute Gasteiger partial charge is 0.298 e. The first kappa shape index (κ1) is 14.5. The predicted molar refractivity (Wildman–Crippen MR) is 89.1 cm³/mol. The molecular formula is C16H15NO2S2. The molecule has 2 fully saturated rings. The van der Waals surface area contributed by atoms with Gasteiger partial charge >= 0.3 is 0 Å². The van der Waals surface area contributed by atoms with Crippen LogP contribution in [0.4, 0.5) is 0 Å². The van der Waals surface area contributed by atoms with Crippen LogP contribution in [0.15, 0.2) is 29.2 Å². The van der Waals surface area contributed by atoms with Gasteiger partial charge in [-0.2, -0.15) is 0 Å². The van der Waals surface area contributed by atoms with Crippen molar-refractivity contribution in [2.45, 2.75) is 31.7 Å². The Labute approximate surface area is 133 Å². The van der Waals surface area contributed by atoms with Crippen molar-refractivity contribution in [2.24, 2.45) is 0 Å². The first-order chi connectivity index (χ1) is 10.2. The van der Waals surface area contributed by atoms with Gasteiger partial charge in [-0.05, 0) is 24.5 Å². The standard InChI is InChI=1S/C16H15NO2S2/c18-10-12-7-5-11(6-8-12)9-14-15(19)17(16(20)21-14)13-3-1-2-4-13/h5-10,13H,1-4H2. The molecule has 5 heteroatoms. The van der Waals surface area contributed by atoms with E-state index in [9.17, 15) is 9.59 Å². The van der Waals surface area contributed by atoms with Crippen LogP contribution in [0.1, 0.15) is 41.6 Å². The number of aldehydes is 1. The van der Waals surface area contributed by atoms with Crippen LogP contribution in [0.3, 0.4) is 0 Å². The third kappa shape index (κ3) is 2.94. The molecule has 0 spiro atoms. The third-order valence-electron chi connectivity index (χ3n) is 3.88. The molecule has 1 heterocycles. The van der Waals surface area contributed by atoms with Crippen LogP contribution in [0, 0.1) is 0 Å². The van der Waals surface area contributed by atoms with Gasteiger partial charge in [-0.15, -0.1) is 0 Å². The van der Waals surface area contributed by atoms with Gasteiger partial charge in [-0.1, -0.05) is 61.1 Å². The Kier molecular flexibility index (Phi) is 4.22. The number of amides is 1. The normalized spacial score (nSPS) is 21.5. The van der Waals surface area contributed by atoms with Crippen molar-refractivity contribution in [3.05, 3.63) is 40.3 Å². The molecule has 2 aliphatic rings. The number of thioether (sulfide) groups is 1. The van der Waals surface area contributed by atoms with Crippen LogP contribution in [-0.2, 0) is 4.79 Å². The van der Waals surface area contributed by atoms with E-state index < -0.39 is 0 Å². The van der Waals surface area contributed by atoms with Gasteiger partial charge < -0.3 is 0 Å². The zero-order chi connectivity index (χ0) is 14.8. The Hall–Kier alpha value is -1.46. The number of carbonyl (C=O) groups is 2. The van der Waals surface area contributed by atoms with E-state index >= 15 is 0 Å². The molecule has 0 unspecified atom stereocenters. The zero-order valence-electron chi connectivity index (χ0n) is 11.5. The van der Waals surface area contributed by atoms with Crippen LogP contribution < -0.4 is 0 Å². The summed E-state index contributed by atoms with van der Waals surface area (Å²) in [6, 6.07) is 7.45. The van der Waals surface area contributed by atoms with E-state index in [1.165, 1.54) is 24.6 Å². The van der Waals surface area contributed by atoms with Gasteiger partial charge in [0, 0.05) is 11.6 Å². The Morgan fingerprint density at radius 2 is 1.76 bits per heavy atom. The molecular weight excluding hydrogens is 302 g/mol. The lowest BCUT2D eigenvalue weighted by atomic mass is 10.1. The lowest BCUT2D eigenvalue weighted by molar-refractivity contribution is -0.123. The predicted octanol–water partition coefficient (Wildman–Crippen LogP) is 3.64. The first-order valence-corrected chi connectivity index (χ1v) is 8.24. The summed E-state index contributed by atoms with van der Waals surface area (Å²) in [7, 11) is 0. The van der Waals surface area contributed by atoms with E-state index in [0.29, 0.717) is 14.8 Å². The molecule has 3 nitrogen and oxygen atoms in total. The highest BCUT2D eigenvalue weighted by Crippen LogP contribution is 2.37. The molecule has 1 saturated heterocycles. The Morgan fingerprint density at radius 3 is 2.38 bits per heavy atom. The van der Waals surface area contributed by atoms with Gasteiger partial charge in [-0.3, -0.25) is 14.5 Å². The summed E-state index contributed by atoms with van der Waals surface area (Å²) in [4.78, 5) is 25.6. The maximum Gasteiger partial charge on any atom is 0.266 e. The number of hydrogen-bond acceptors (Lipinski definition) is 4. The van der Waals surface area contributed by atoms with Gasteiger partial charge in [0.15, 0.2) is 0 Å². The van der Waals surface area contributed by atoms with Crippen molar-refractivity contribution >= 4 is 46.6 Å². The number of hydrogen-bond donors (Lipinski definition) is 0. The molecule has 1 saturated carbocycles. The lowest BCUT2D eigenvalue weighted by Gasteiger charge is -2.21. The second-order valence-electron chi connectivity index (χ2n) is 5.27. The average molecular weight is 317 g/mol. The van der Waals surface area contributed by atoms with Crippen molar-refractivity contribution < 1.29 is 9.59 Å². The molecule has 0 aromatic heterocycles. The number of carbonyl (C=O) groups excluding carboxylic acids is 2. The highest BCUT2D eigenvalue weighted by molar-refractivity contribution is 8.26. The summed E-state index contributed by atoms with van der Waals surface area (Å²) in [6.45, 7) is 0. The molecule has 1 aromatic carbocycles. The first-order valence-electron chi connectivity index (χ1n) is 7.01. The summed E-state index contributed by atoms with van der Waals surface area (Å²) < 4.78 is 0.669. The summed E-state index contributed by atoms with van der Waals surface area (Å²) in [6.07, 6.45) is 7.11. The van der Waals surface area contributed by atoms with Crippen LogP contribution in [0.5, 0.6) is 0 Å². The smallest absolute Gasteiger partial charge is 0.266 e. The van der Waals surface area contributed by atoms with E-state index in [4.69, 9.17) is 12.2 Å². The third-order valence-corrected chi connectivity index (χ3v) is 5.21. The van der Waals surface area contributed by atoms with Crippen LogP contribution >= 0.6 is 24.0 Å². The maximum atomic E-state index is 12.5. The van der Waals surface area contributed by atoms with Crippen molar-refractivity contribution in [3.63, 3.8) is 0 Å². The van der Waals surface area contributed by atoms with Gasteiger partial charge in [0.05, 0.1) is 4.91 Å². The molecule has 0 N–H and O–H groups in total. The van der Waals surface area contributed by atoms with E-state index in [1.807, 2.05) is 18.2 Å². The maximum absolute atomic E-state index is 12.5. The van der Waals surface area contributed by atoms with Crippen LogP contribution in [-0.4, -0.2) is 27.5 Å². The molecule has 1 aliphatic carbocycles. The molecule has 21 heavy (non-hydrogen) atoms. The fourth-order valence-electron chi connectivity index (χ4n) is 2.78. The lowest BCUT2D eigenvalue weighted by Crippen LogP contribution is -2.36. The Morgan fingerprint density at radius 1 is 1.14 bits per heavy atom. The van der Waals surface area contributed by atoms with Gasteiger partial charge in [0.2, 0.25) is 0 Å². The van der Waals surface area contributed by atoms with Crippen molar-refractivity contribution in [1.29, 1.82) is 0 Å². The minimum atomic E-state index is 0.0244. The number of thiocarbonyl (C=S) groups is 1. The molecule has 1 aromatic rings. The SMILES string of the molecule is O=Cc1ccc(C=C2SC(=S)N(C3CCCC3)C2=O)cc1. The fraction of sp³-hybridized carbons (Fsp3) is 0.312. The monoisotopic (exact) mass is 317 g/mol. The van der Waals surface area contributed by atoms with Gasteiger partial charge in [-0.25, -0.2) is 0 Å². The second kappa shape index (κ2) is 6.12. The van der Waals surface area contributed by atoms with Gasteiger partial charge in [0.25, 0.3) is 5.91 Å². The minimum Gasteiger partial charge on any atom is -0.298 e. The van der Waals surface area contributed by atoms with E-state index in [-0.39, 0.29) is 11.9 Å². The van der Waals surface area contributed by atoms with Crippen LogP contribution in [0.25, 0.3) is 6.08 Å². The summed E-state index contributed by atoms with van der Waals surface area (Å²) in [5.41, 5.74) is 1.54. The molecule has 0 radical (unpaired) electrons. The number of nitrogens with zero attached hydrogens (tertiary/aromatic N) is 1. The van der Waals surface area contributed by atoms with Crippen molar-refractivity contribution in [2.75, 3.05) is 0 Å². The topological polar surface area (TPSA) is 37.4 Å². The molecule has 1 aliphatic heterocycles. The second-order valence-corrected chi connectivity index (χ2v) is 6.95. The average Bonchev–Trinajstić information content (AvgIpc) is 3.09. The zero-order valence-corrected chi connectivity index (χ0v) is 13.1. The highest BCUT2D eigenvalue weighted by Gasteiger charge is 2.37. The fourth-order valence-corrected chi connectivity index (χ4v) is 4.18. The molecule has 3 rings (SSSR count). The summed E-state index contributed by atoms with van der Waals surface area (Å²) in [5, 5.41) is 0. The molecule has 0 bridgehead atoms. The summed E-state index contributed by atoms with van der Waals surface area (Å²) in [5.74, 6) is 0.0244. The Balaban J connectivity index is 1.82. The van der Waals surface area contributed by atoms with Crippen LogP contribution in [0.2, 0.25) is 0 Å². The molecule has 108 valence electrons. The number of benzene rings is 1. The highest BCUT2D eigenvalue weighted by atomic mass is 32.2. The van der Waals surface area contributed by atoms with E-state index in [1.54, 1.807) is 17.0 Å². The summed E-state index contributed by atoms with van der Waals surface area (Å²) >= 11 is 6.74. The minimum absolute atomic E-state index is 0.0244. The van der Waals surface area contributed by atoms with Gasteiger partial charge in [0.1, 0.15) is 10.6 Å². The number of rotatable bonds is 3. The van der Waals surface area contributed by atoms with E-state index in [0.717, 1.165) is 24.7 Å². The van der Waals surface area contributed by atoms with Crippen molar-refractivity contribution in [1.82, 2.24) is 4.90 Å². The molecule has 0 atom stereocenters. The molecule has 1 amide bonds. The van der Waals surface area contributed by atoms with Crippen molar-refractivity contribution in [3.8, 4) is 0 Å². The quantitative estimate of drug-likeness (QED) is 0.484. The van der Waals surface area contributed by atoms with E-state index in [2.05, 4.69) is 0 Å².